The number of hydrogen-bond acceptors (Lipinski definition) is 4. The van der Waals surface area contributed by atoms with E-state index >= 15 is 0 Å². The maximum atomic E-state index is 13.4. The van der Waals surface area contributed by atoms with Crippen LogP contribution in [0, 0.1) is 11.6 Å². The highest BCUT2D eigenvalue weighted by atomic mass is 19.2. The molecule has 0 aromatic heterocycles. The molecule has 0 saturated carbocycles. The Bertz CT molecular complexity index is 951. The van der Waals surface area contributed by atoms with Gasteiger partial charge in [-0.2, -0.15) is 0 Å². The second-order valence-electron chi connectivity index (χ2n) is 7.17. The van der Waals surface area contributed by atoms with Gasteiger partial charge in [0, 0.05) is 31.5 Å². The summed E-state index contributed by atoms with van der Waals surface area (Å²) in [6, 6.07) is 8.27. The summed E-state index contributed by atoms with van der Waals surface area (Å²) in [5.41, 5.74) is -0.0399. The summed E-state index contributed by atoms with van der Waals surface area (Å²) in [5.74, 6) is -1.29. The Hall–Kier alpha value is -2.96. The second-order valence-corrected chi connectivity index (χ2v) is 7.17. The molecule has 28 heavy (non-hydrogen) atoms. The van der Waals surface area contributed by atoms with Gasteiger partial charge in [0.15, 0.2) is 17.4 Å². The van der Waals surface area contributed by atoms with Gasteiger partial charge in [0.05, 0.1) is 19.1 Å². The Morgan fingerprint density at radius 3 is 2.54 bits per heavy atom. The van der Waals surface area contributed by atoms with Crippen LogP contribution in [0.5, 0.6) is 11.5 Å². The van der Waals surface area contributed by atoms with E-state index in [9.17, 15) is 18.4 Å². The van der Waals surface area contributed by atoms with Crippen LogP contribution in [0.15, 0.2) is 36.4 Å². The number of benzene rings is 2. The van der Waals surface area contributed by atoms with E-state index in [-0.39, 0.29) is 23.7 Å². The zero-order valence-corrected chi connectivity index (χ0v) is 15.3. The number of carbonyl (C=O) groups excluding carboxylic acids is 2. The lowest BCUT2D eigenvalue weighted by Gasteiger charge is -2.44. The van der Waals surface area contributed by atoms with Crippen molar-refractivity contribution in [3.8, 4) is 11.5 Å². The van der Waals surface area contributed by atoms with E-state index in [2.05, 4.69) is 0 Å². The molecule has 2 aliphatic heterocycles. The first-order valence-corrected chi connectivity index (χ1v) is 9.05. The first-order chi connectivity index (χ1) is 13.4. The summed E-state index contributed by atoms with van der Waals surface area (Å²) >= 11 is 0. The van der Waals surface area contributed by atoms with Gasteiger partial charge in [-0.15, -0.1) is 0 Å². The van der Waals surface area contributed by atoms with Crippen LogP contribution < -0.4 is 9.47 Å². The van der Waals surface area contributed by atoms with Crippen molar-refractivity contribution >= 4 is 11.7 Å². The Morgan fingerprint density at radius 2 is 1.86 bits per heavy atom. The first-order valence-electron chi connectivity index (χ1n) is 9.05. The molecule has 2 aromatic rings. The normalized spacial score (nSPS) is 17.8. The van der Waals surface area contributed by atoms with Crippen molar-refractivity contribution < 1.29 is 27.8 Å². The fourth-order valence-electron chi connectivity index (χ4n) is 3.81. The van der Waals surface area contributed by atoms with Crippen LogP contribution in [0.25, 0.3) is 0 Å². The van der Waals surface area contributed by atoms with Crippen molar-refractivity contribution in [3.63, 3.8) is 0 Å². The summed E-state index contributed by atoms with van der Waals surface area (Å²) in [6.45, 7) is 0.743. The average Bonchev–Trinajstić information content (AvgIpc) is 2.70. The molecule has 0 unspecified atom stereocenters. The number of ketones is 1. The molecule has 1 fully saturated rings. The quantitative estimate of drug-likeness (QED) is 0.790. The third-order valence-corrected chi connectivity index (χ3v) is 5.42. The molecule has 0 radical (unpaired) electrons. The van der Waals surface area contributed by atoms with E-state index in [1.807, 2.05) is 0 Å². The highest BCUT2D eigenvalue weighted by molar-refractivity contribution is 6.01. The van der Waals surface area contributed by atoms with Crippen LogP contribution in [0.1, 0.15) is 40.0 Å². The van der Waals surface area contributed by atoms with Crippen LogP contribution >= 0.6 is 0 Å². The van der Waals surface area contributed by atoms with Crippen molar-refractivity contribution in [2.75, 3.05) is 20.2 Å². The van der Waals surface area contributed by atoms with Gasteiger partial charge in [-0.1, -0.05) is 0 Å². The van der Waals surface area contributed by atoms with E-state index in [1.165, 1.54) is 13.2 Å². The molecule has 1 amide bonds. The lowest BCUT2D eigenvalue weighted by molar-refractivity contribution is -0.00578. The molecule has 2 aliphatic rings. The van der Waals surface area contributed by atoms with Crippen LogP contribution in [-0.4, -0.2) is 42.4 Å². The molecule has 0 aliphatic carbocycles. The van der Waals surface area contributed by atoms with E-state index in [1.54, 1.807) is 23.1 Å². The summed E-state index contributed by atoms with van der Waals surface area (Å²) in [7, 11) is 1.54. The number of halogens is 2. The number of likely N-dealkylation sites (tertiary alicyclic amines) is 1. The summed E-state index contributed by atoms with van der Waals surface area (Å²) < 4.78 is 37.8. The molecule has 0 atom stereocenters. The van der Waals surface area contributed by atoms with Gasteiger partial charge in [-0.25, -0.2) is 8.78 Å². The minimum Gasteiger partial charge on any atom is -0.497 e. The number of ether oxygens (including phenoxy) is 2. The number of methoxy groups -OCH3 is 1. The number of piperidine rings is 1. The number of amides is 1. The number of carbonyl (C=O) groups is 2. The van der Waals surface area contributed by atoms with E-state index in [0.717, 1.165) is 12.1 Å². The average molecular weight is 387 g/mol. The minimum absolute atomic E-state index is 0.0134. The Morgan fingerprint density at radius 1 is 1.11 bits per heavy atom. The maximum Gasteiger partial charge on any atom is 0.253 e. The lowest BCUT2D eigenvalue weighted by atomic mass is 9.82. The number of Topliss-reactive ketones (excluding diaryl/α,β-unsaturated/α-hetero) is 1. The van der Waals surface area contributed by atoms with E-state index < -0.39 is 17.2 Å². The van der Waals surface area contributed by atoms with Crippen LogP contribution in [0.2, 0.25) is 0 Å². The van der Waals surface area contributed by atoms with Crippen LogP contribution in [0.3, 0.4) is 0 Å². The number of rotatable bonds is 2. The van der Waals surface area contributed by atoms with Crippen molar-refractivity contribution in [3.05, 3.63) is 59.2 Å². The highest BCUT2D eigenvalue weighted by Gasteiger charge is 2.43. The molecule has 2 heterocycles. The third kappa shape index (κ3) is 3.21. The summed E-state index contributed by atoms with van der Waals surface area (Å²) in [6.07, 6.45) is 1.21. The van der Waals surface area contributed by atoms with Crippen LogP contribution in [0.4, 0.5) is 8.78 Å². The topological polar surface area (TPSA) is 55.8 Å². The van der Waals surface area contributed by atoms with E-state index in [4.69, 9.17) is 9.47 Å². The van der Waals surface area contributed by atoms with Crippen molar-refractivity contribution in [1.82, 2.24) is 4.90 Å². The van der Waals surface area contributed by atoms with Gasteiger partial charge in [0.2, 0.25) is 0 Å². The largest absolute Gasteiger partial charge is 0.497 e. The number of hydrogen-bond donors (Lipinski definition) is 0. The minimum atomic E-state index is -1.05. The fraction of sp³-hybridized carbons (Fsp3) is 0.333. The molecule has 2 aromatic carbocycles. The fourth-order valence-corrected chi connectivity index (χ4v) is 3.81. The summed E-state index contributed by atoms with van der Waals surface area (Å²) in [5, 5.41) is 0. The van der Waals surface area contributed by atoms with Gasteiger partial charge in [0.25, 0.3) is 5.91 Å². The first kappa shape index (κ1) is 18.4. The molecule has 146 valence electrons. The highest BCUT2D eigenvalue weighted by Crippen LogP contribution is 2.40. The maximum absolute atomic E-state index is 13.4. The van der Waals surface area contributed by atoms with Crippen LogP contribution in [-0.2, 0) is 0 Å². The molecule has 0 bridgehead atoms. The van der Waals surface area contributed by atoms with Gasteiger partial charge < -0.3 is 14.4 Å². The van der Waals surface area contributed by atoms with Gasteiger partial charge >= 0.3 is 0 Å². The van der Waals surface area contributed by atoms with Gasteiger partial charge in [0.1, 0.15) is 17.1 Å². The number of nitrogens with zero attached hydrogens (tertiary/aromatic N) is 1. The Balaban J connectivity index is 1.48. The predicted molar refractivity (Wildman–Crippen MR) is 96.8 cm³/mol. The second kappa shape index (κ2) is 6.89. The smallest absolute Gasteiger partial charge is 0.253 e. The zero-order chi connectivity index (χ0) is 19.9. The molecule has 7 heteroatoms. The van der Waals surface area contributed by atoms with E-state index in [0.29, 0.717) is 43.0 Å². The van der Waals surface area contributed by atoms with Gasteiger partial charge in [-0.3, -0.25) is 9.59 Å². The third-order valence-electron chi connectivity index (χ3n) is 5.42. The monoisotopic (exact) mass is 387 g/mol. The predicted octanol–water partition coefficient (Wildman–Crippen LogP) is 3.61. The molecule has 1 saturated heterocycles. The molecule has 4 rings (SSSR count). The lowest BCUT2D eigenvalue weighted by Crippen LogP contribution is -2.52. The molecule has 1 spiro atoms. The molecular formula is C21H19F2NO4. The van der Waals surface area contributed by atoms with Crippen molar-refractivity contribution in [2.45, 2.75) is 24.9 Å². The molecule has 5 nitrogen and oxygen atoms in total. The SMILES string of the molecule is COc1ccc2c(c1)C(=O)CC1(CCN(C(=O)c3ccc(F)c(F)c3)CC1)O2. The molecule has 0 N–H and O–H groups in total. The van der Waals surface area contributed by atoms with Crippen molar-refractivity contribution in [1.29, 1.82) is 0 Å². The van der Waals surface area contributed by atoms with Crippen molar-refractivity contribution in [2.24, 2.45) is 0 Å². The zero-order valence-electron chi connectivity index (χ0n) is 15.3. The standard InChI is InChI=1S/C21H19F2NO4/c1-27-14-3-5-19-15(11-14)18(25)12-21(28-19)6-8-24(9-7-21)20(26)13-2-4-16(22)17(23)10-13/h2-5,10-11H,6-9,12H2,1H3. The molecular weight excluding hydrogens is 368 g/mol. The Labute approximate surface area is 160 Å². The Kier molecular flexibility index (Phi) is 4.53. The summed E-state index contributed by atoms with van der Waals surface area (Å²) in [4.78, 5) is 26.8. The van der Waals surface area contributed by atoms with Gasteiger partial charge in [-0.05, 0) is 36.4 Å². The number of fused-ring (bicyclic) bond motifs is 1.